The maximum atomic E-state index is 5.31. The normalized spacial score (nSPS) is 39.0. The van der Waals surface area contributed by atoms with E-state index < -0.39 is 0 Å². The van der Waals surface area contributed by atoms with Gasteiger partial charge in [-0.1, -0.05) is 15.9 Å². The van der Waals surface area contributed by atoms with Crippen LogP contribution in [0.4, 0.5) is 0 Å². The Hall–Kier alpha value is 0.400. The Labute approximate surface area is 76.4 Å². The van der Waals surface area contributed by atoms with Crippen LogP contribution in [-0.2, 0) is 9.47 Å². The SMILES string of the molecule is COC1CCC(Br)CC1OC. The Morgan fingerprint density at radius 3 is 2.27 bits per heavy atom. The second-order valence-electron chi connectivity index (χ2n) is 2.96. The second-order valence-corrected chi connectivity index (χ2v) is 4.25. The highest BCUT2D eigenvalue weighted by molar-refractivity contribution is 9.09. The number of ether oxygens (including phenoxy) is 2. The number of halogens is 1. The van der Waals surface area contributed by atoms with Crippen LogP contribution in [0, 0.1) is 0 Å². The molecule has 3 unspecified atom stereocenters. The van der Waals surface area contributed by atoms with E-state index in [0.717, 1.165) is 12.8 Å². The molecule has 0 aromatic heterocycles. The molecule has 11 heavy (non-hydrogen) atoms. The molecule has 3 atom stereocenters. The van der Waals surface area contributed by atoms with Crippen molar-refractivity contribution < 1.29 is 9.47 Å². The Morgan fingerprint density at radius 2 is 1.73 bits per heavy atom. The molecular weight excluding hydrogens is 208 g/mol. The van der Waals surface area contributed by atoms with E-state index in [1.165, 1.54) is 6.42 Å². The fourth-order valence-corrected chi connectivity index (χ4v) is 2.20. The molecule has 0 bridgehead atoms. The van der Waals surface area contributed by atoms with E-state index in [-0.39, 0.29) is 6.10 Å². The van der Waals surface area contributed by atoms with Crippen molar-refractivity contribution in [1.82, 2.24) is 0 Å². The molecule has 66 valence electrons. The zero-order chi connectivity index (χ0) is 8.27. The highest BCUT2D eigenvalue weighted by atomic mass is 79.9. The third kappa shape index (κ3) is 2.42. The minimum Gasteiger partial charge on any atom is -0.379 e. The Balaban J connectivity index is 2.41. The molecule has 1 fully saturated rings. The fourth-order valence-electron chi connectivity index (χ4n) is 1.57. The summed E-state index contributed by atoms with van der Waals surface area (Å²) in [5.74, 6) is 0. The molecule has 3 heteroatoms. The molecule has 0 aromatic rings. The predicted octanol–water partition coefficient (Wildman–Crippen LogP) is 1.96. The predicted molar refractivity (Wildman–Crippen MR) is 48.2 cm³/mol. The zero-order valence-electron chi connectivity index (χ0n) is 7.05. The zero-order valence-corrected chi connectivity index (χ0v) is 8.63. The van der Waals surface area contributed by atoms with Gasteiger partial charge in [-0.25, -0.2) is 0 Å². The van der Waals surface area contributed by atoms with E-state index in [2.05, 4.69) is 15.9 Å². The monoisotopic (exact) mass is 222 g/mol. The molecule has 1 aliphatic carbocycles. The van der Waals surface area contributed by atoms with Crippen LogP contribution in [0.15, 0.2) is 0 Å². The average molecular weight is 223 g/mol. The van der Waals surface area contributed by atoms with Gasteiger partial charge in [-0.15, -0.1) is 0 Å². The summed E-state index contributed by atoms with van der Waals surface area (Å²) in [5.41, 5.74) is 0. The van der Waals surface area contributed by atoms with E-state index >= 15 is 0 Å². The Bertz CT molecular complexity index is 119. The fraction of sp³-hybridized carbons (Fsp3) is 1.00. The summed E-state index contributed by atoms with van der Waals surface area (Å²) in [6, 6.07) is 0. The number of methoxy groups -OCH3 is 2. The van der Waals surface area contributed by atoms with E-state index in [4.69, 9.17) is 9.47 Å². The van der Waals surface area contributed by atoms with Gasteiger partial charge in [0.15, 0.2) is 0 Å². The molecule has 1 aliphatic rings. The number of hydrogen-bond acceptors (Lipinski definition) is 2. The first kappa shape index (κ1) is 9.49. The Morgan fingerprint density at radius 1 is 1.09 bits per heavy atom. The van der Waals surface area contributed by atoms with Crippen molar-refractivity contribution in [3.63, 3.8) is 0 Å². The van der Waals surface area contributed by atoms with Crippen molar-refractivity contribution in [2.75, 3.05) is 14.2 Å². The molecule has 0 spiro atoms. The van der Waals surface area contributed by atoms with Gasteiger partial charge in [0, 0.05) is 19.0 Å². The van der Waals surface area contributed by atoms with Crippen molar-refractivity contribution in [2.24, 2.45) is 0 Å². The van der Waals surface area contributed by atoms with Gasteiger partial charge in [-0.05, 0) is 19.3 Å². The minimum atomic E-state index is 0.276. The van der Waals surface area contributed by atoms with Gasteiger partial charge >= 0.3 is 0 Å². The van der Waals surface area contributed by atoms with Crippen molar-refractivity contribution >= 4 is 15.9 Å². The molecular formula is C8H15BrO2. The standard InChI is InChI=1S/C8H15BrO2/c1-10-7-4-3-6(9)5-8(7)11-2/h6-8H,3-5H2,1-2H3. The summed E-state index contributed by atoms with van der Waals surface area (Å²) in [6.07, 6.45) is 3.94. The average Bonchev–Trinajstić information content (AvgIpc) is 2.04. The quantitative estimate of drug-likeness (QED) is 0.666. The van der Waals surface area contributed by atoms with Crippen molar-refractivity contribution in [3.05, 3.63) is 0 Å². The molecule has 0 amide bonds. The molecule has 0 N–H and O–H groups in total. The highest BCUT2D eigenvalue weighted by Gasteiger charge is 2.28. The largest absolute Gasteiger partial charge is 0.379 e. The lowest BCUT2D eigenvalue weighted by molar-refractivity contribution is -0.0558. The summed E-state index contributed by atoms with van der Waals surface area (Å²) in [6.45, 7) is 0. The van der Waals surface area contributed by atoms with Crippen LogP contribution in [0.5, 0.6) is 0 Å². The molecule has 1 saturated carbocycles. The summed E-state index contributed by atoms with van der Waals surface area (Å²) >= 11 is 3.59. The molecule has 0 saturated heterocycles. The van der Waals surface area contributed by atoms with Gasteiger partial charge in [-0.3, -0.25) is 0 Å². The second kappa shape index (κ2) is 4.43. The van der Waals surface area contributed by atoms with Crippen LogP contribution in [0.2, 0.25) is 0 Å². The molecule has 2 nitrogen and oxygen atoms in total. The first-order valence-electron chi connectivity index (χ1n) is 3.97. The smallest absolute Gasteiger partial charge is 0.0843 e. The van der Waals surface area contributed by atoms with E-state index in [9.17, 15) is 0 Å². The lowest BCUT2D eigenvalue weighted by atomic mass is 9.94. The molecule has 0 radical (unpaired) electrons. The van der Waals surface area contributed by atoms with E-state index in [1.54, 1.807) is 14.2 Å². The van der Waals surface area contributed by atoms with Gasteiger partial charge in [0.25, 0.3) is 0 Å². The topological polar surface area (TPSA) is 18.5 Å². The van der Waals surface area contributed by atoms with Crippen LogP contribution in [0.3, 0.4) is 0 Å². The maximum absolute atomic E-state index is 5.31. The summed E-state index contributed by atoms with van der Waals surface area (Å²) in [5, 5.41) is 0. The van der Waals surface area contributed by atoms with Gasteiger partial charge in [0.2, 0.25) is 0 Å². The third-order valence-electron chi connectivity index (χ3n) is 2.27. The van der Waals surface area contributed by atoms with E-state index in [1.807, 2.05) is 0 Å². The maximum Gasteiger partial charge on any atom is 0.0843 e. The summed E-state index contributed by atoms with van der Waals surface area (Å²) in [7, 11) is 3.51. The van der Waals surface area contributed by atoms with Crippen molar-refractivity contribution in [1.29, 1.82) is 0 Å². The van der Waals surface area contributed by atoms with Crippen LogP contribution in [0.25, 0.3) is 0 Å². The van der Waals surface area contributed by atoms with Gasteiger partial charge in [0.05, 0.1) is 12.2 Å². The highest BCUT2D eigenvalue weighted by Crippen LogP contribution is 2.27. The lowest BCUT2D eigenvalue weighted by Crippen LogP contribution is -2.36. The first-order chi connectivity index (χ1) is 5.27. The number of alkyl halides is 1. The van der Waals surface area contributed by atoms with Crippen molar-refractivity contribution in [3.8, 4) is 0 Å². The third-order valence-corrected chi connectivity index (χ3v) is 3.10. The van der Waals surface area contributed by atoms with Gasteiger partial charge < -0.3 is 9.47 Å². The molecule has 0 aliphatic heterocycles. The first-order valence-corrected chi connectivity index (χ1v) is 4.89. The van der Waals surface area contributed by atoms with Crippen LogP contribution in [0.1, 0.15) is 19.3 Å². The minimum absolute atomic E-state index is 0.276. The van der Waals surface area contributed by atoms with Crippen LogP contribution >= 0.6 is 15.9 Å². The van der Waals surface area contributed by atoms with Crippen LogP contribution < -0.4 is 0 Å². The molecule has 0 heterocycles. The summed E-state index contributed by atoms with van der Waals surface area (Å²) in [4.78, 5) is 0.610. The molecule has 0 aromatic carbocycles. The summed E-state index contributed by atoms with van der Waals surface area (Å²) < 4.78 is 10.6. The lowest BCUT2D eigenvalue weighted by Gasteiger charge is -2.31. The van der Waals surface area contributed by atoms with Crippen LogP contribution in [-0.4, -0.2) is 31.3 Å². The number of hydrogen-bond donors (Lipinski definition) is 0. The van der Waals surface area contributed by atoms with Crippen molar-refractivity contribution in [2.45, 2.75) is 36.3 Å². The number of rotatable bonds is 2. The molecule has 1 rings (SSSR count). The Kier molecular flexibility index (Phi) is 3.82. The van der Waals surface area contributed by atoms with Gasteiger partial charge in [0.1, 0.15) is 0 Å². The van der Waals surface area contributed by atoms with E-state index in [0.29, 0.717) is 10.9 Å². The van der Waals surface area contributed by atoms with Gasteiger partial charge in [-0.2, -0.15) is 0 Å².